The lowest BCUT2D eigenvalue weighted by molar-refractivity contribution is 0.441. The van der Waals surface area contributed by atoms with E-state index in [0.29, 0.717) is 17.5 Å². The Morgan fingerprint density at radius 1 is 1.33 bits per heavy atom. The highest BCUT2D eigenvalue weighted by Crippen LogP contribution is 2.26. The second-order valence-corrected chi connectivity index (χ2v) is 4.91. The van der Waals surface area contributed by atoms with Crippen LogP contribution in [0.25, 0.3) is 11.2 Å². The van der Waals surface area contributed by atoms with Crippen molar-refractivity contribution < 1.29 is 0 Å². The smallest absolute Gasteiger partial charge is 0.268 e. The predicted octanol–water partition coefficient (Wildman–Crippen LogP) is 2.86. The van der Waals surface area contributed by atoms with Crippen molar-refractivity contribution in [2.24, 2.45) is 5.92 Å². The molecule has 2 atom stereocenters. The molecule has 0 aromatic carbocycles. The summed E-state index contributed by atoms with van der Waals surface area (Å²) >= 11 is 0. The second-order valence-electron chi connectivity index (χ2n) is 4.91. The molecule has 0 fully saturated rings. The maximum absolute atomic E-state index is 11.2. The minimum absolute atomic E-state index is 0.207. The molecule has 0 bridgehead atoms. The fourth-order valence-electron chi connectivity index (χ4n) is 2.19. The van der Waals surface area contributed by atoms with Crippen molar-refractivity contribution >= 4 is 11.2 Å². The third-order valence-electron chi connectivity index (χ3n) is 3.52. The van der Waals surface area contributed by atoms with Gasteiger partial charge in [-0.15, -0.1) is 0 Å². The molecule has 0 aliphatic heterocycles. The van der Waals surface area contributed by atoms with Crippen LogP contribution in [0.2, 0.25) is 0 Å². The van der Waals surface area contributed by atoms with Crippen LogP contribution >= 0.6 is 0 Å². The maximum Gasteiger partial charge on any atom is 0.268 e. The Bertz CT molecular complexity index is 591. The molecule has 96 valence electrons. The van der Waals surface area contributed by atoms with Gasteiger partial charge in [-0.2, -0.15) is 0 Å². The van der Waals surface area contributed by atoms with Crippen LogP contribution < -0.4 is 5.56 Å². The molecule has 2 unspecified atom stereocenters. The normalized spacial score (nSPS) is 14.6. The first kappa shape index (κ1) is 12.7. The number of H-pyrrole nitrogens is 1. The van der Waals surface area contributed by atoms with Gasteiger partial charge in [0.1, 0.15) is 5.52 Å². The second kappa shape index (κ2) is 5.29. The molecule has 1 N–H and O–H groups in total. The summed E-state index contributed by atoms with van der Waals surface area (Å²) < 4.78 is 0. The van der Waals surface area contributed by atoms with Gasteiger partial charge in [-0.05, 0) is 18.1 Å². The summed E-state index contributed by atoms with van der Waals surface area (Å²) in [5, 5.41) is 0. The molecular formula is C14H19N3O. The van der Waals surface area contributed by atoms with Gasteiger partial charge in [0.15, 0.2) is 5.65 Å². The van der Waals surface area contributed by atoms with Crippen LogP contribution in [-0.2, 0) is 0 Å². The van der Waals surface area contributed by atoms with Crippen molar-refractivity contribution in [2.45, 2.75) is 39.5 Å². The molecule has 2 aromatic rings. The topological polar surface area (TPSA) is 58.6 Å². The van der Waals surface area contributed by atoms with Gasteiger partial charge in [0.25, 0.3) is 5.56 Å². The number of aromatic nitrogens is 3. The van der Waals surface area contributed by atoms with Crippen LogP contribution in [0, 0.1) is 5.92 Å². The first-order valence-electron chi connectivity index (χ1n) is 6.47. The Morgan fingerprint density at radius 2 is 2.11 bits per heavy atom. The number of fused-ring (bicyclic) bond motifs is 1. The van der Waals surface area contributed by atoms with Crippen LogP contribution in [0.4, 0.5) is 0 Å². The zero-order valence-electron chi connectivity index (χ0n) is 11.1. The van der Waals surface area contributed by atoms with Crippen molar-refractivity contribution in [2.75, 3.05) is 0 Å². The first-order valence-corrected chi connectivity index (χ1v) is 6.47. The standard InChI is InChI=1S/C14H19N3O/c1-4-5-9(2)10(3)11-6-7-12-14(16-11)17-13(18)8-15-12/h6-10H,4-5H2,1-3H3,(H,16,17,18). The van der Waals surface area contributed by atoms with E-state index in [4.69, 9.17) is 0 Å². The average molecular weight is 245 g/mol. The Morgan fingerprint density at radius 3 is 2.83 bits per heavy atom. The van der Waals surface area contributed by atoms with E-state index in [9.17, 15) is 4.79 Å². The summed E-state index contributed by atoms with van der Waals surface area (Å²) in [6.45, 7) is 6.62. The number of nitrogens with one attached hydrogen (secondary N) is 1. The molecular weight excluding hydrogens is 226 g/mol. The molecule has 0 radical (unpaired) electrons. The average Bonchev–Trinajstić information content (AvgIpc) is 2.37. The number of nitrogens with zero attached hydrogens (tertiary/aromatic N) is 2. The molecule has 0 spiro atoms. The molecule has 4 heteroatoms. The van der Waals surface area contributed by atoms with Gasteiger partial charge in [-0.3, -0.25) is 4.79 Å². The molecule has 4 nitrogen and oxygen atoms in total. The number of rotatable bonds is 4. The van der Waals surface area contributed by atoms with Crippen molar-refractivity contribution in [3.63, 3.8) is 0 Å². The van der Waals surface area contributed by atoms with Crippen molar-refractivity contribution in [1.29, 1.82) is 0 Å². The molecule has 0 saturated carbocycles. The van der Waals surface area contributed by atoms with Gasteiger partial charge in [0.2, 0.25) is 0 Å². The number of hydrogen-bond donors (Lipinski definition) is 1. The SMILES string of the molecule is CCCC(C)C(C)c1ccc2ncc(=O)[nH]c2n1. The van der Waals surface area contributed by atoms with Crippen LogP contribution in [0.5, 0.6) is 0 Å². The number of aromatic amines is 1. The van der Waals surface area contributed by atoms with Gasteiger partial charge in [0.05, 0.1) is 6.20 Å². The molecule has 2 rings (SSSR count). The molecule has 2 heterocycles. The summed E-state index contributed by atoms with van der Waals surface area (Å²) in [5.74, 6) is 0.974. The van der Waals surface area contributed by atoms with E-state index >= 15 is 0 Å². The van der Waals surface area contributed by atoms with Crippen molar-refractivity contribution in [3.05, 3.63) is 34.4 Å². The Hall–Kier alpha value is -1.71. The van der Waals surface area contributed by atoms with Gasteiger partial charge in [-0.25, -0.2) is 9.97 Å². The van der Waals surface area contributed by atoms with Gasteiger partial charge >= 0.3 is 0 Å². The summed E-state index contributed by atoms with van der Waals surface area (Å²) in [6.07, 6.45) is 3.65. The maximum atomic E-state index is 11.2. The minimum atomic E-state index is -0.207. The Balaban J connectivity index is 2.37. The highest BCUT2D eigenvalue weighted by Gasteiger charge is 2.15. The van der Waals surface area contributed by atoms with E-state index in [1.165, 1.54) is 19.0 Å². The van der Waals surface area contributed by atoms with E-state index < -0.39 is 0 Å². The largest absolute Gasteiger partial charge is 0.304 e. The van der Waals surface area contributed by atoms with Crippen molar-refractivity contribution in [1.82, 2.24) is 15.0 Å². The van der Waals surface area contributed by atoms with Gasteiger partial charge in [-0.1, -0.05) is 33.6 Å². The fraction of sp³-hybridized carbons (Fsp3) is 0.500. The van der Waals surface area contributed by atoms with Crippen LogP contribution in [0.1, 0.15) is 45.2 Å². The predicted molar refractivity (Wildman–Crippen MR) is 72.6 cm³/mol. The molecule has 0 aliphatic carbocycles. The Kier molecular flexibility index (Phi) is 3.75. The quantitative estimate of drug-likeness (QED) is 0.901. The zero-order valence-corrected chi connectivity index (χ0v) is 11.1. The lowest BCUT2D eigenvalue weighted by Gasteiger charge is -2.18. The van der Waals surface area contributed by atoms with E-state index in [-0.39, 0.29) is 5.56 Å². The third kappa shape index (κ3) is 2.58. The van der Waals surface area contributed by atoms with Crippen LogP contribution in [0.15, 0.2) is 23.1 Å². The zero-order chi connectivity index (χ0) is 13.1. The third-order valence-corrected chi connectivity index (χ3v) is 3.52. The number of hydrogen-bond acceptors (Lipinski definition) is 3. The monoisotopic (exact) mass is 245 g/mol. The van der Waals surface area contributed by atoms with E-state index in [0.717, 1.165) is 11.2 Å². The molecule has 0 aliphatic rings. The highest BCUT2D eigenvalue weighted by molar-refractivity contribution is 5.68. The lowest BCUT2D eigenvalue weighted by Crippen LogP contribution is -2.10. The van der Waals surface area contributed by atoms with E-state index in [2.05, 4.69) is 35.7 Å². The fourth-order valence-corrected chi connectivity index (χ4v) is 2.19. The summed E-state index contributed by atoms with van der Waals surface area (Å²) in [7, 11) is 0. The molecule has 2 aromatic heterocycles. The molecule has 0 saturated heterocycles. The van der Waals surface area contributed by atoms with Crippen molar-refractivity contribution in [3.8, 4) is 0 Å². The molecule has 18 heavy (non-hydrogen) atoms. The summed E-state index contributed by atoms with van der Waals surface area (Å²) in [4.78, 5) is 22.5. The summed E-state index contributed by atoms with van der Waals surface area (Å²) in [6, 6.07) is 3.92. The van der Waals surface area contributed by atoms with Gasteiger partial charge < -0.3 is 4.98 Å². The highest BCUT2D eigenvalue weighted by atomic mass is 16.1. The van der Waals surface area contributed by atoms with E-state index in [1.807, 2.05) is 12.1 Å². The van der Waals surface area contributed by atoms with Crippen LogP contribution in [0.3, 0.4) is 0 Å². The number of pyridine rings is 1. The van der Waals surface area contributed by atoms with Gasteiger partial charge in [0, 0.05) is 11.6 Å². The van der Waals surface area contributed by atoms with E-state index in [1.54, 1.807) is 0 Å². The lowest BCUT2D eigenvalue weighted by atomic mass is 9.89. The molecule has 0 amide bonds. The van der Waals surface area contributed by atoms with Crippen LogP contribution in [-0.4, -0.2) is 15.0 Å². The Labute approximate surface area is 106 Å². The minimum Gasteiger partial charge on any atom is -0.304 e. The first-order chi connectivity index (χ1) is 8.61. The summed E-state index contributed by atoms with van der Waals surface area (Å²) in [5.41, 5.74) is 2.12.